The van der Waals surface area contributed by atoms with Crippen molar-refractivity contribution in [3.05, 3.63) is 0 Å². The van der Waals surface area contributed by atoms with Gasteiger partial charge in [-0.1, -0.05) is 0 Å². The Balaban J connectivity index is 5.15. The van der Waals surface area contributed by atoms with Crippen LogP contribution >= 0.6 is 0 Å². The Hall–Kier alpha value is -2.20. The van der Waals surface area contributed by atoms with Crippen LogP contribution in [0.2, 0.25) is 0 Å². The third-order valence-corrected chi connectivity index (χ3v) is 2.16. The zero-order valence-corrected chi connectivity index (χ0v) is 10.5. The first kappa shape index (κ1) is 17.8. The second kappa shape index (κ2) is 7.40. The highest BCUT2D eigenvalue weighted by molar-refractivity contribution is 5.84. The lowest BCUT2D eigenvalue weighted by atomic mass is 10.2. The fourth-order valence-corrected chi connectivity index (χ4v) is 1.07. The van der Waals surface area contributed by atoms with E-state index in [-0.39, 0.29) is 0 Å². The summed E-state index contributed by atoms with van der Waals surface area (Å²) in [4.78, 5) is 43.1. The highest BCUT2D eigenvalue weighted by Crippen LogP contribution is 2.12. The zero-order valence-electron chi connectivity index (χ0n) is 10.5. The number of aliphatic carboxylic acids is 4. The lowest BCUT2D eigenvalue weighted by Crippen LogP contribution is -2.48. The predicted octanol–water partition coefficient (Wildman–Crippen LogP) is -1.13. The molecule has 10 heteroatoms. The largest absolute Gasteiger partial charge is 0.479 e. The van der Waals surface area contributed by atoms with E-state index in [0.29, 0.717) is 0 Å². The van der Waals surface area contributed by atoms with Crippen molar-refractivity contribution >= 4 is 23.9 Å². The van der Waals surface area contributed by atoms with Crippen LogP contribution in [0.25, 0.3) is 0 Å². The predicted molar refractivity (Wildman–Crippen MR) is 59.2 cm³/mol. The minimum Gasteiger partial charge on any atom is -0.479 e. The van der Waals surface area contributed by atoms with Gasteiger partial charge >= 0.3 is 23.9 Å². The quantitative estimate of drug-likeness (QED) is 0.408. The van der Waals surface area contributed by atoms with Gasteiger partial charge in [-0.25, -0.2) is 19.2 Å². The Bertz CT molecular complexity index is 365. The molecule has 0 saturated heterocycles. The van der Waals surface area contributed by atoms with Crippen LogP contribution in [0.5, 0.6) is 0 Å². The molecule has 0 bridgehead atoms. The van der Waals surface area contributed by atoms with Crippen LogP contribution < -0.4 is 0 Å². The lowest BCUT2D eigenvalue weighted by molar-refractivity contribution is -0.193. The topological polar surface area (TPSA) is 168 Å². The molecule has 0 radical (unpaired) electrons. The molecule has 4 N–H and O–H groups in total. The highest BCUT2D eigenvalue weighted by atomic mass is 16.6. The number of hydrogen-bond donors (Lipinski definition) is 4. The van der Waals surface area contributed by atoms with Crippen molar-refractivity contribution in [3.8, 4) is 0 Å². The Morgan fingerprint density at radius 2 is 0.900 bits per heavy atom. The molecule has 0 aromatic rings. The lowest BCUT2D eigenvalue weighted by Gasteiger charge is -2.24. The minimum absolute atomic E-state index is 0.998. The summed E-state index contributed by atoms with van der Waals surface area (Å²) >= 11 is 0. The van der Waals surface area contributed by atoms with Crippen LogP contribution in [0.1, 0.15) is 13.8 Å². The van der Waals surface area contributed by atoms with E-state index in [4.69, 9.17) is 20.4 Å². The molecule has 0 spiro atoms. The third-order valence-electron chi connectivity index (χ3n) is 2.16. The number of ether oxygens (including phenoxy) is 2. The van der Waals surface area contributed by atoms with Gasteiger partial charge in [-0.2, -0.15) is 0 Å². The molecule has 0 aromatic carbocycles. The molecule has 10 nitrogen and oxygen atoms in total. The molecule has 0 amide bonds. The molecule has 20 heavy (non-hydrogen) atoms. The summed E-state index contributed by atoms with van der Waals surface area (Å²) in [6.45, 7) is 2.00. The van der Waals surface area contributed by atoms with E-state index in [1.54, 1.807) is 0 Å². The molecule has 0 rings (SSSR count). The van der Waals surface area contributed by atoms with Gasteiger partial charge < -0.3 is 29.9 Å². The molecule has 0 aromatic heterocycles. The van der Waals surface area contributed by atoms with E-state index < -0.39 is 48.3 Å². The van der Waals surface area contributed by atoms with Crippen molar-refractivity contribution in [2.75, 3.05) is 0 Å². The molecule has 0 aliphatic rings. The first-order valence-electron chi connectivity index (χ1n) is 5.30. The molecule has 0 saturated carbocycles. The summed E-state index contributed by atoms with van der Waals surface area (Å²) in [5.74, 6) is -6.59. The van der Waals surface area contributed by atoms with Crippen molar-refractivity contribution in [2.45, 2.75) is 38.3 Å². The molecule has 0 heterocycles. The average Bonchev–Trinajstić information content (AvgIpc) is 2.31. The van der Waals surface area contributed by atoms with E-state index in [1.165, 1.54) is 0 Å². The monoisotopic (exact) mass is 294 g/mol. The Kier molecular flexibility index (Phi) is 6.59. The van der Waals surface area contributed by atoms with E-state index in [2.05, 4.69) is 9.47 Å². The molecule has 114 valence electrons. The zero-order chi connectivity index (χ0) is 16.0. The number of carboxylic acids is 4. The summed E-state index contributed by atoms with van der Waals surface area (Å²) in [6.07, 6.45) is -7.55. The van der Waals surface area contributed by atoms with Crippen LogP contribution in [0.4, 0.5) is 0 Å². The number of carboxylic acid groups (broad SMARTS) is 4. The molecule has 0 aliphatic carbocycles. The van der Waals surface area contributed by atoms with E-state index in [1.807, 2.05) is 0 Å². The van der Waals surface area contributed by atoms with Gasteiger partial charge in [-0.05, 0) is 13.8 Å². The van der Waals surface area contributed by atoms with E-state index in [9.17, 15) is 19.2 Å². The van der Waals surface area contributed by atoms with Crippen LogP contribution in [0.15, 0.2) is 0 Å². The van der Waals surface area contributed by atoms with Crippen LogP contribution in [-0.4, -0.2) is 68.7 Å². The maximum Gasteiger partial charge on any atom is 0.336 e. The molecular weight excluding hydrogens is 280 g/mol. The van der Waals surface area contributed by atoms with Crippen LogP contribution in [0.3, 0.4) is 0 Å². The summed E-state index contributed by atoms with van der Waals surface area (Å²) in [5.41, 5.74) is 0. The van der Waals surface area contributed by atoms with Gasteiger partial charge in [0.15, 0.2) is 24.4 Å². The average molecular weight is 294 g/mol. The van der Waals surface area contributed by atoms with Crippen molar-refractivity contribution in [1.29, 1.82) is 0 Å². The molecule has 0 fully saturated rings. The van der Waals surface area contributed by atoms with Crippen LogP contribution in [-0.2, 0) is 28.7 Å². The standard InChI is InChI=1S/C10H14O10/c1-3(7(11)12)19-5(9(15)16)6(10(17)18)20-4(2)8(13)14/h3-6H,1-2H3,(H,11,12)(H,13,14)(H,15,16)(H,17,18). The molecule has 0 aliphatic heterocycles. The third kappa shape index (κ3) is 5.20. The summed E-state index contributed by atoms with van der Waals surface area (Å²) in [6, 6.07) is 0. The van der Waals surface area contributed by atoms with Crippen molar-refractivity contribution in [2.24, 2.45) is 0 Å². The van der Waals surface area contributed by atoms with Crippen LogP contribution in [0, 0.1) is 0 Å². The molecular formula is C10H14O10. The van der Waals surface area contributed by atoms with Crippen molar-refractivity contribution in [1.82, 2.24) is 0 Å². The SMILES string of the molecule is CC(OC(C(=O)O)C(OC(C)C(=O)O)C(=O)O)C(=O)O. The first-order chi connectivity index (χ1) is 9.07. The van der Waals surface area contributed by atoms with Gasteiger partial charge in [0.2, 0.25) is 0 Å². The number of hydrogen-bond acceptors (Lipinski definition) is 6. The Morgan fingerprint density at radius 3 is 1.05 bits per heavy atom. The van der Waals surface area contributed by atoms with Gasteiger partial charge in [-0.15, -0.1) is 0 Å². The van der Waals surface area contributed by atoms with Crippen molar-refractivity contribution < 1.29 is 49.1 Å². The van der Waals surface area contributed by atoms with Gasteiger partial charge in [0.25, 0.3) is 0 Å². The highest BCUT2D eigenvalue weighted by Gasteiger charge is 2.40. The summed E-state index contributed by atoms with van der Waals surface area (Å²) in [7, 11) is 0. The fraction of sp³-hybridized carbons (Fsp3) is 0.600. The van der Waals surface area contributed by atoms with Gasteiger partial charge in [0, 0.05) is 0 Å². The Morgan fingerprint density at radius 1 is 0.650 bits per heavy atom. The number of rotatable bonds is 9. The second-order valence-electron chi connectivity index (χ2n) is 3.75. The molecule has 4 atom stereocenters. The minimum atomic E-state index is -2.17. The number of carbonyl (C=O) groups is 4. The maximum atomic E-state index is 10.9. The van der Waals surface area contributed by atoms with Gasteiger partial charge in [0.05, 0.1) is 0 Å². The van der Waals surface area contributed by atoms with Crippen molar-refractivity contribution in [3.63, 3.8) is 0 Å². The summed E-state index contributed by atoms with van der Waals surface area (Å²) < 4.78 is 9.16. The second-order valence-corrected chi connectivity index (χ2v) is 3.75. The maximum absolute atomic E-state index is 10.9. The Labute approximate surface area is 112 Å². The van der Waals surface area contributed by atoms with E-state index in [0.717, 1.165) is 13.8 Å². The summed E-state index contributed by atoms with van der Waals surface area (Å²) in [5, 5.41) is 34.9. The normalized spacial score (nSPS) is 16.7. The smallest absolute Gasteiger partial charge is 0.336 e. The van der Waals surface area contributed by atoms with Gasteiger partial charge in [0.1, 0.15) is 0 Å². The van der Waals surface area contributed by atoms with E-state index >= 15 is 0 Å². The van der Waals surface area contributed by atoms with Gasteiger partial charge in [-0.3, -0.25) is 0 Å². The fourth-order valence-electron chi connectivity index (χ4n) is 1.07. The molecule has 4 unspecified atom stereocenters. The first-order valence-corrected chi connectivity index (χ1v) is 5.30.